The summed E-state index contributed by atoms with van der Waals surface area (Å²) in [7, 11) is -3.00. The molecule has 0 unspecified atom stereocenters. The number of nitrogens with two attached hydrogens (primary N) is 1. The van der Waals surface area contributed by atoms with Gasteiger partial charge in [0.1, 0.15) is 0 Å². The highest BCUT2D eigenvalue weighted by atomic mass is 32.2. The van der Waals surface area contributed by atoms with Crippen LogP contribution in [0.15, 0.2) is 0 Å². The van der Waals surface area contributed by atoms with E-state index in [-0.39, 0.29) is 0 Å². The molecule has 0 aromatic carbocycles. The summed E-state index contributed by atoms with van der Waals surface area (Å²) in [6, 6.07) is 0. The van der Waals surface area contributed by atoms with E-state index in [1.165, 1.54) is 0 Å². The van der Waals surface area contributed by atoms with Crippen molar-refractivity contribution in [3.05, 3.63) is 0 Å². The molecule has 3 N–H and O–H groups in total. The average molecular weight is 192 g/mol. The minimum absolute atomic E-state index is 0.303. The molecule has 72 valence electrons. The lowest BCUT2D eigenvalue weighted by atomic mass is 10.4. The molecule has 12 heavy (non-hydrogen) atoms. The summed E-state index contributed by atoms with van der Waals surface area (Å²) in [5.41, 5.74) is 5.24. The summed E-state index contributed by atoms with van der Waals surface area (Å²) in [5.74, 6) is 0.720. The molecule has 5 heteroatoms. The minimum atomic E-state index is -3.00. The van der Waals surface area contributed by atoms with Crippen LogP contribution in [0.25, 0.3) is 0 Å². The summed E-state index contributed by atoms with van der Waals surface area (Å²) in [5, 5.41) is 0. The number of hydrogen-bond donors (Lipinski definition) is 2. The van der Waals surface area contributed by atoms with Crippen molar-refractivity contribution < 1.29 is 8.42 Å². The molecule has 0 amide bonds. The lowest BCUT2D eigenvalue weighted by Gasteiger charge is -2.03. The van der Waals surface area contributed by atoms with Crippen LogP contribution in [0.1, 0.15) is 19.3 Å². The smallest absolute Gasteiger partial charge is 0.211 e. The van der Waals surface area contributed by atoms with Gasteiger partial charge in [0.05, 0.1) is 5.75 Å². The second-order valence-electron chi connectivity index (χ2n) is 3.26. The lowest BCUT2D eigenvalue weighted by Crippen LogP contribution is -2.29. The average Bonchev–Trinajstić information content (AvgIpc) is 2.71. The van der Waals surface area contributed by atoms with Crippen molar-refractivity contribution in [1.29, 1.82) is 0 Å². The fraction of sp³-hybridized carbons (Fsp3) is 1.00. The van der Waals surface area contributed by atoms with Gasteiger partial charge in [-0.25, -0.2) is 13.1 Å². The van der Waals surface area contributed by atoms with E-state index in [9.17, 15) is 8.42 Å². The monoisotopic (exact) mass is 192 g/mol. The highest BCUT2D eigenvalue weighted by Gasteiger charge is 2.27. The van der Waals surface area contributed by atoms with Gasteiger partial charge in [0, 0.05) is 6.54 Å². The molecule has 0 bridgehead atoms. The first-order valence-electron chi connectivity index (χ1n) is 4.31. The first kappa shape index (κ1) is 9.95. The molecule has 1 saturated carbocycles. The highest BCUT2D eigenvalue weighted by molar-refractivity contribution is 7.89. The summed E-state index contributed by atoms with van der Waals surface area (Å²) < 4.78 is 24.9. The van der Waals surface area contributed by atoms with Gasteiger partial charge in [-0.2, -0.15) is 0 Å². The second kappa shape index (κ2) is 4.20. The van der Waals surface area contributed by atoms with Gasteiger partial charge in [0.25, 0.3) is 0 Å². The zero-order valence-electron chi connectivity index (χ0n) is 7.12. The molecule has 0 heterocycles. The van der Waals surface area contributed by atoms with Gasteiger partial charge in [-0.1, -0.05) is 0 Å². The van der Waals surface area contributed by atoms with Crippen molar-refractivity contribution in [1.82, 2.24) is 4.72 Å². The molecule has 1 aliphatic rings. The minimum Gasteiger partial charge on any atom is -0.330 e. The van der Waals surface area contributed by atoms with Gasteiger partial charge in [-0.05, 0) is 31.7 Å². The molecule has 4 nitrogen and oxygen atoms in total. The van der Waals surface area contributed by atoms with Crippen molar-refractivity contribution in [2.24, 2.45) is 11.7 Å². The van der Waals surface area contributed by atoms with Crippen molar-refractivity contribution in [3.63, 3.8) is 0 Å². The Morgan fingerprint density at radius 3 is 2.58 bits per heavy atom. The third-order valence-corrected chi connectivity index (χ3v) is 3.41. The van der Waals surface area contributed by atoms with Crippen LogP contribution in [0.3, 0.4) is 0 Å². The lowest BCUT2D eigenvalue weighted by molar-refractivity contribution is 0.576. The Balaban J connectivity index is 2.17. The third kappa shape index (κ3) is 4.04. The molecule has 1 fully saturated rings. The summed E-state index contributed by atoms with van der Waals surface area (Å²) >= 11 is 0. The number of hydrogen-bond acceptors (Lipinski definition) is 3. The van der Waals surface area contributed by atoms with E-state index < -0.39 is 10.0 Å². The fourth-order valence-electron chi connectivity index (χ4n) is 0.983. The van der Waals surface area contributed by atoms with E-state index in [0.29, 0.717) is 31.2 Å². The van der Waals surface area contributed by atoms with Gasteiger partial charge in [-0.15, -0.1) is 0 Å². The Labute approximate surface area is 73.6 Å². The summed E-state index contributed by atoms with van der Waals surface area (Å²) in [4.78, 5) is 0. The maximum absolute atomic E-state index is 11.2. The van der Waals surface area contributed by atoms with Gasteiger partial charge in [0.15, 0.2) is 0 Å². The maximum atomic E-state index is 11.2. The van der Waals surface area contributed by atoms with Crippen molar-refractivity contribution in [2.45, 2.75) is 19.3 Å². The molecule has 0 aliphatic heterocycles. The van der Waals surface area contributed by atoms with Crippen LogP contribution in [0.5, 0.6) is 0 Å². The highest BCUT2D eigenvalue weighted by Crippen LogP contribution is 2.29. The van der Waals surface area contributed by atoms with E-state index in [1.54, 1.807) is 0 Å². The Bertz CT molecular complexity index is 222. The molecule has 1 rings (SSSR count). The van der Waals surface area contributed by atoms with E-state index in [0.717, 1.165) is 12.8 Å². The molecule has 0 aromatic rings. The van der Waals surface area contributed by atoms with Crippen LogP contribution in [-0.4, -0.2) is 27.3 Å². The van der Waals surface area contributed by atoms with Crippen LogP contribution in [0.4, 0.5) is 0 Å². The SMILES string of the molecule is NCCCNS(=O)(=O)CC1CC1. The van der Waals surface area contributed by atoms with Gasteiger partial charge in [0.2, 0.25) is 10.0 Å². The molecular weight excluding hydrogens is 176 g/mol. The van der Waals surface area contributed by atoms with Crippen LogP contribution >= 0.6 is 0 Å². The van der Waals surface area contributed by atoms with E-state index in [4.69, 9.17) is 5.73 Å². The number of rotatable bonds is 6. The van der Waals surface area contributed by atoms with Gasteiger partial charge in [-0.3, -0.25) is 0 Å². The fourth-order valence-corrected chi connectivity index (χ4v) is 2.51. The first-order valence-corrected chi connectivity index (χ1v) is 5.96. The second-order valence-corrected chi connectivity index (χ2v) is 5.11. The largest absolute Gasteiger partial charge is 0.330 e. The summed E-state index contributed by atoms with van der Waals surface area (Å²) in [6.45, 7) is 1.01. The molecular formula is C7H16N2O2S. The van der Waals surface area contributed by atoms with Crippen LogP contribution in [-0.2, 0) is 10.0 Å². The van der Waals surface area contributed by atoms with Crippen molar-refractivity contribution >= 4 is 10.0 Å². The quantitative estimate of drug-likeness (QED) is 0.566. The Morgan fingerprint density at radius 1 is 1.42 bits per heavy atom. The van der Waals surface area contributed by atoms with E-state index in [1.807, 2.05) is 0 Å². The number of nitrogens with one attached hydrogen (secondary N) is 1. The van der Waals surface area contributed by atoms with Crippen LogP contribution in [0.2, 0.25) is 0 Å². The zero-order valence-corrected chi connectivity index (χ0v) is 7.94. The molecule has 0 radical (unpaired) electrons. The molecule has 0 atom stereocenters. The topological polar surface area (TPSA) is 72.2 Å². The zero-order chi connectivity index (χ0) is 9.03. The Kier molecular flexibility index (Phi) is 3.49. The molecule has 1 aliphatic carbocycles. The van der Waals surface area contributed by atoms with E-state index in [2.05, 4.69) is 4.72 Å². The predicted octanol–water partition coefficient (Wildman–Crippen LogP) is -0.335. The molecule has 0 spiro atoms. The Hall–Kier alpha value is -0.130. The maximum Gasteiger partial charge on any atom is 0.211 e. The molecule has 0 aromatic heterocycles. The standard InChI is InChI=1S/C7H16N2O2S/c8-4-1-5-9-12(10,11)6-7-2-3-7/h7,9H,1-6,8H2. The van der Waals surface area contributed by atoms with Crippen molar-refractivity contribution in [3.8, 4) is 0 Å². The third-order valence-electron chi connectivity index (χ3n) is 1.85. The van der Waals surface area contributed by atoms with Crippen LogP contribution in [0, 0.1) is 5.92 Å². The van der Waals surface area contributed by atoms with Crippen LogP contribution < -0.4 is 10.5 Å². The number of sulfonamides is 1. The van der Waals surface area contributed by atoms with Gasteiger partial charge >= 0.3 is 0 Å². The molecule has 0 saturated heterocycles. The van der Waals surface area contributed by atoms with Gasteiger partial charge < -0.3 is 5.73 Å². The predicted molar refractivity (Wildman–Crippen MR) is 48.2 cm³/mol. The normalized spacial score (nSPS) is 18.1. The van der Waals surface area contributed by atoms with E-state index >= 15 is 0 Å². The Morgan fingerprint density at radius 2 is 2.08 bits per heavy atom. The van der Waals surface area contributed by atoms with Crippen molar-refractivity contribution in [2.75, 3.05) is 18.8 Å². The summed E-state index contributed by atoms with van der Waals surface area (Å²) in [6.07, 6.45) is 2.85. The first-order chi connectivity index (χ1) is 5.64.